The van der Waals surface area contributed by atoms with Gasteiger partial charge in [0.1, 0.15) is 0 Å². The lowest BCUT2D eigenvalue weighted by Crippen LogP contribution is -2.46. The molecule has 1 aliphatic rings. The third-order valence-corrected chi connectivity index (χ3v) is 4.60. The maximum atomic E-state index is 11.2. The minimum atomic E-state index is -3.24. The van der Waals surface area contributed by atoms with Crippen molar-refractivity contribution in [2.24, 2.45) is 0 Å². The molecule has 0 aliphatic carbocycles. The van der Waals surface area contributed by atoms with Crippen molar-refractivity contribution in [2.75, 3.05) is 52.7 Å². The number of nitrogens with two attached hydrogens (primary N) is 1. The normalized spacial score (nSPS) is 15.4. The third kappa shape index (κ3) is 3.88. The summed E-state index contributed by atoms with van der Waals surface area (Å²) in [5.74, 6) is 0. The molecule has 1 aromatic carbocycles. The fraction of sp³-hybridized carbons (Fsp3) is 0.312. The van der Waals surface area contributed by atoms with Crippen LogP contribution in [0.15, 0.2) is 42.7 Å². The Morgan fingerprint density at radius 1 is 1.04 bits per heavy atom. The van der Waals surface area contributed by atoms with E-state index in [2.05, 4.69) is 19.5 Å². The summed E-state index contributed by atoms with van der Waals surface area (Å²) in [5, 5.41) is 0. The molecule has 1 aromatic heterocycles. The zero-order valence-electron chi connectivity index (χ0n) is 13.5. The van der Waals surface area contributed by atoms with Crippen LogP contribution in [0.2, 0.25) is 0 Å². The molecule has 1 saturated heterocycles. The molecule has 128 valence electrons. The maximum Gasteiger partial charge on any atom is 0.229 e. The number of piperazine rings is 1. The molecule has 1 fully saturated rings. The number of hydrogen-bond donors (Lipinski definition) is 2. The molecule has 0 spiro atoms. The van der Waals surface area contributed by atoms with E-state index in [1.165, 1.54) is 0 Å². The average molecular weight is 347 g/mol. The van der Waals surface area contributed by atoms with Crippen LogP contribution in [0, 0.1) is 0 Å². The van der Waals surface area contributed by atoms with Crippen LogP contribution >= 0.6 is 0 Å². The van der Waals surface area contributed by atoms with Gasteiger partial charge in [-0.1, -0.05) is 0 Å². The number of sulfonamides is 1. The van der Waals surface area contributed by atoms with Gasteiger partial charge < -0.3 is 15.5 Å². The molecular formula is C16H21N5O2S. The van der Waals surface area contributed by atoms with Gasteiger partial charge in [0.05, 0.1) is 23.8 Å². The molecule has 0 amide bonds. The van der Waals surface area contributed by atoms with Crippen molar-refractivity contribution in [2.45, 2.75) is 0 Å². The number of rotatable bonds is 4. The molecule has 7 nitrogen and oxygen atoms in total. The van der Waals surface area contributed by atoms with Crippen molar-refractivity contribution < 1.29 is 8.42 Å². The number of nitrogens with zero attached hydrogens (tertiary/aromatic N) is 3. The van der Waals surface area contributed by atoms with E-state index in [4.69, 9.17) is 5.73 Å². The Morgan fingerprint density at radius 2 is 1.67 bits per heavy atom. The lowest BCUT2D eigenvalue weighted by atomic mass is 10.2. The monoisotopic (exact) mass is 347 g/mol. The summed E-state index contributed by atoms with van der Waals surface area (Å²) in [7, 11) is -3.24. The van der Waals surface area contributed by atoms with Gasteiger partial charge >= 0.3 is 0 Å². The molecule has 0 unspecified atom stereocenters. The first-order valence-corrected chi connectivity index (χ1v) is 9.59. The molecule has 2 heterocycles. The Bertz CT molecular complexity index is 799. The summed E-state index contributed by atoms with van der Waals surface area (Å²) in [6, 6.07) is 9.24. The Hall–Kier alpha value is -2.48. The number of benzene rings is 1. The molecule has 8 heteroatoms. The van der Waals surface area contributed by atoms with Gasteiger partial charge in [0.15, 0.2) is 0 Å². The summed E-state index contributed by atoms with van der Waals surface area (Å²) < 4.78 is 25.0. The standard InChI is InChI=1S/C16H21N5O2S/c1-24(22,23)19-13-2-4-14(5-3-13)20-8-10-21(11-9-20)16-12-18-7-6-15(16)17/h2-7,12,19H,8-11H2,1H3,(H2,17,18). The smallest absolute Gasteiger partial charge is 0.229 e. The molecule has 1 aliphatic heterocycles. The van der Waals surface area contributed by atoms with E-state index in [1.807, 2.05) is 18.2 Å². The van der Waals surface area contributed by atoms with E-state index in [9.17, 15) is 8.42 Å². The highest BCUT2D eigenvalue weighted by Crippen LogP contribution is 2.25. The van der Waals surface area contributed by atoms with E-state index in [-0.39, 0.29) is 0 Å². The van der Waals surface area contributed by atoms with Gasteiger partial charge in [-0.15, -0.1) is 0 Å². The first-order chi connectivity index (χ1) is 11.4. The molecule has 3 N–H and O–H groups in total. The molecule has 0 saturated carbocycles. The van der Waals surface area contributed by atoms with Crippen molar-refractivity contribution in [1.29, 1.82) is 0 Å². The summed E-state index contributed by atoms with van der Waals surface area (Å²) in [5.41, 5.74) is 9.38. The Balaban J connectivity index is 1.63. The van der Waals surface area contributed by atoms with Crippen molar-refractivity contribution in [3.05, 3.63) is 42.7 Å². The number of pyridine rings is 1. The molecule has 3 rings (SSSR count). The summed E-state index contributed by atoms with van der Waals surface area (Å²) >= 11 is 0. The predicted octanol–water partition coefficient (Wildman–Crippen LogP) is 1.36. The topological polar surface area (TPSA) is 91.6 Å². The average Bonchev–Trinajstić information content (AvgIpc) is 2.55. The summed E-state index contributed by atoms with van der Waals surface area (Å²) in [6.45, 7) is 3.46. The molecule has 2 aromatic rings. The van der Waals surface area contributed by atoms with Crippen LogP contribution in [0.1, 0.15) is 0 Å². The number of anilines is 4. The lowest BCUT2D eigenvalue weighted by Gasteiger charge is -2.37. The van der Waals surface area contributed by atoms with Crippen molar-refractivity contribution in [3.63, 3.8) is 0 Å². The second kappa shape index (κ2) is 6.56. The van der Waals surface area contributed by atoms with E-state index in [0.717, 1.165) is 49.5 Å². The fourth-order valence-electron chi connectivity index (χ4n) is 2.82. The summed E-state index contributed by atoms with van der Waals surface area (Å²) in [4.78, 5) is 8.65. The maximum absolute atomic E-state index is 11.2. The number of hydrogen-bond acceptors (Lipinski definition) is 6. The number of nitrogen functional groups attached to an aromatic ring is 1. The molecule has 24 heavy (non-hydrogen) atoms. The van der Waals surface area contributed by atoms with Crippen LogP contribution in [-0.2, 0) is 10.0 Å². The van der Waals surface area contributed by atoms with Gasteiger partial charge in [-0.05, 0) is 30.3 Å². The van der Waals surface area contributed by atoms with Gasteiger partial charge in [-0.3, -0.25) is 9.71 Å². The van der Waals surface area contributed by atoms with Crippen molar-refractivity contribution >= 4 is 32.8 Å². The Labute approximate surface area is 142 Å². The number of aromatic nitrogens is 1. The second-order valence-corrected chi connectivity index (χ2v) is 7.58. The fourth-order valence-corrected chi connectivity index (χ4v) is 3.39. The van der Waals surface area contributed by atoms with Gasteiger partial charge in [-0.2, -0.15) is 0 Å². The van der Waals surface area contributed by atoms with E-state index < -0.39 is 10.0 Å². The van der Waals surface area contributed by atoms with Crippen molar-refractivity contribution in [1.82, 2.24) is 4.98 Å². The van der Waals surface area contributed by atoms with Gasteiger partial charge in [0, 0.05) is 43.8 Å². The quantitative estimate of drug-likeness (QED) is 0.868. The van der Waals surface area contributed by atoms with E-state index in [0.29, 0.717) is 5.69 Å². The molecule has 0 atom stereocenters. The SMILES string of the molecule is CS(=O)(=O)Nc1ccc(N2CCN(c3cnccc3N)CC2)cc1. The minimum absolute atomic E-state index is 0.572. The highest BCUT2D eigenvalue weighted by Gasteiger charge is 2.19. The second-order valence-electron chi connectivity index (χ2n) is 5.83. The largest absolute Gasteiger partial charge is 0.397 e. The first-order valence-electron chi connectivity index (χ1n) is 7.69. The van der Waals surface area contributed by atoms with E-state index >= 15 is 0 Å². The Kier molecular flexibility index (Phi) is 4.48. The first kappa shape index (κ1) is 16.4. The van der Waals surface area contributed by atoms with Crippen LogP contribution in [0.4, 0.5) is 22.7 Å². The predicted molar refractivity (Wildman–Crippen MR) is 98.0 cm³/mol. The van der Waals surface area contributed by atoms with Gasteiger partial charge in [0.25, 0.3) is 0 Å². The zero-order valence-corrected chi connectivity index (χ0v) is 14.3. The van der Waals surface area contributed by atoms with Crippen LogP contribution in [-0.4, -0.2) is 45.8 Å². The highest BCUT2D eigenvalue weighted by atomic mass is 32.2. The highest BCUT2D eigenvalue weighted by molar-refractivity contribution is 7.92. The zero-order chi connectivity index (χ0) is 17.2. The van der Waals surface area contributed by atoms with Crippen LogP contribution < -0.4 is 20.3 Å². The van der Waals surface area contributed by atoms with Crippen molar-refractivity contribution in [3.8, 4) is 0 Å². The van der Waals surface area contributed by atoms with Crippen LogP contribution in [0.5, 0.6) is 0 Å². The van der Waals surface area contributed by atoms with Crippen LogP contribution in [0.3, 0.4) is 0 Å². The summed E-state index contributed by atoms with van der Waals surface area (Å²) in [6.07, 6.45) is 4.64. The lowest BCUT2D eigenvalue weighted by molar-refractivity contribution is 0.607. The van der Waals surface area contributed by atoms with Crippen LogP contribution in [0.25, 0.3) is 0 Å². The van der Waals surface area contributed by atoms with Gasteiger partial charge in [-0.25, -0.2) is 8.42 Å². The Morgan fingerprint density at radius 3 is 2.25 bits per heavy atom. The number of nitrogens with one attached hydrogen (secondary N) is 1. The molecule has 0 radical (unpaired) electrons. The third-order valence-electron chi connectivity index (χ3n) is 3.99. The molecular weight excluding hydrogens is 326 g/mol. The molecule has 0 bridgehead atoms. The van der Waals surface area contributed by atoms with E-state index in [1.54, 1.807) is 24.5 Å². The van der Waals surface area contributed by atoms with Gasteiger partial charge in [0.2, 0.25) is 10.0 Å². The minimum Gasteiger partial charge on any atom is -0.397 e.